The molecule has 1 fully saturated rings. The van der Waals surface area contributed by atoms with Gasteiger partial charge in [-0.25, -0.2) is 12.8 Å². The fraction of sp³-hybridized carbons (Fsp3) is 0.316. The molecule has 0 radical (unpaired) electrons. The molecule has 25 heavy (non-hydrogen) atoms. The van der Waals surface area contributed by atoms with Crippen molar-refractivity contribution in [2.45, 2.75) is 18.9 Å². The number of nitrogens with zero attached hydrogens (tertiary/aromatic N) is 1. The number of carbonyl (C=O) groups is 1. The molecule has 0 N–H and O–H groups in total. The van der Waals surface area contributed by atoms with Gasteiger partial charge in [0.05, 0.1) is 11.5 Å². The maximum Gasteiger partial charge on any atom is 0.254 e. The highest BCUT2D eigenvalue weighted by molar-refractivity contribution is 7.91. The summed E-state index contributed by atoms with van der Waals surface area (Å²) in [5.74, 6) is -0.556. The molecule has 0 aromatic heterocycles. The van der Waals surface area contributed by atoms with Gasteiger partial charge in [0, 0.05) is 18.2 Å². The fourth-order valence-corrected chi connectivity index (χ4v) is 4.85. The first kappa shape index (κ1) is 17.6. The molecule has 6 heteroatoms. The number of hydrogen-bond donors (Lipinski definition) is 0. The quantitative estimate of drug-likeness (QED) is 0.823. The van der Waals surface area contributed by atoms with Gasteiger partial charge >= 0.3 is 0 Å². The minimum atomic E-state index is -3.10. The van der Waals surface area contributed by atoms with Gasteiger partial charge in [-0.1, -0.05) is 30.3 Å². The van der Waals surface area contributed by atoms with E-state index in [0.717, 1.165) is 5.56 Å². The Morgan fingerprint density at radius 1 is 1.08 bits per heavy atom. The van der Waals surface area contributed by atoms with Gasteiger partial charge in [0.2, 0.25) is 0 Å². The van der Waals surface area contributed by atoms with Gasteiger partial charge in [-0.15, -0.1) is 0 Å². The van der Waals surface area contributed by atoms with Crippen molar-refractivity contribution in [1.29, 1.82) is 0 Å². The summed E-state index contributed by atoms with van der Waals surface area (Å²) in [5.41, 5.74) is 1.46. The van der Waals surface area contributed by atoms with Crippen LogP contribution in [-0.2, 0) is 16.3 Å². The average Bonchev–Trinajstić information content (AvgIpc) is 2.96. The zero-order valence-corrected chi connectivity index (χ0v) is 14.6. The Kier molecular flexibility index (Phi) is 5.18. The van der Waals surface area contributed by atoms with Crippen LogP contribution in [0.3, 0.4) is 0 Å². The zero-order chi connectivity index (χ0) is 17.9. The molecule has 2 aromatic rings. The largest absolute Gasteiger partial charge is 0.334 e. The molecule has 1 atom stereocenters. The van der Waals surface area contributed by atoms with Crippen LogP contribution in [-0.4, -0.2) is 43.3 Å². The first-order chi connectivity index (χ1) is 11.9. The monoisotopic (exact) mass is 361 g/mol. The van der Waals surface area contributed by atoms with E-state index in [9.17, 15) is 17.6 Å². The van der Waals surface area contributed by atoms with Crippen molar-refractivity contribution in [2.24, 2.45) is 0 Å². The van der Waals surface area contributed by atoms with Gasteiger partial charge in [-0.2, -0.15) is 0 Å². The number of rotatable bonds is 5. The summed E-state index contributed by atoms with van der Waals surface area (Å²) in [6.07, 6.45) is 1.09. The van der Waals surface area contributed by atoms with Gasteiger partial charge in [0.15, 0.2) is 9.84 Å². The summed E-state index contributed by atoms with van der Waals surface area (Å²) in [6.45, 7) is 0.431. The molecule has 4 nitrogen and oxygen atoms in total. The van der Waals surface area contributed by atoms with Gasteiger partial charge in [0.1, 0.15) is 5.82 Å². The van der Waals surface area contributed by atoms with Crippen LogP contribution in [0.4, 0.5) is 4.39 Å². The molecule has 0 aliphatic carbocycles. The van der Waals surface area contributed by atoms with E-state index in [4.69, 9.17) is 0 Å². The van der Waals surface area contributed by atoms with Crippen LogP contribution < -0.4 is 0 Å². The predicted octanol–water partition coefficient (Wildman–Crippen LogP) is 2.70. The summed E-state index contributed by atoms with van der Waals surface area (Å²) in [6, 6.07) is 14.8. The number of halogens is 1. The molecule has 1 heterocycles. The summed E-state index contributed by atoms with van der Waals surface area (Å²) >= 11 is 0. The minimum Gasteiger partial charge on any atom is -0.334 e. The third-order valence-corrected chi connectivity index (χ3v) is 6.24. The SMILES string of the molecule is O=C(c1ccc(F)cc1)N(CCc1ccccc1)C1CCS(=O)(=O)C1. The highest BCUT2D eigenvalue weighted by atomic mass is 32.2. The van der Waals surface area contributed by atoms with E-state index in [-0.39, 0.29) is 23.5 Å². The molecule has 0 bridgehead atoms. The molecule has 2 aromatic carbocycles. The summed E-state index contributed by atoms with van der Waals surface area (Å²) in [7, 11) is -3.10. The maximum atomic E-state index is 13.1. The van der Waals surface area contributed by atoms with Crippen molar-refractivity contribution in [1.82, 2.24) is 4.90 Å². The Labute approximate surface area is 147 Å². The van der Waals surface area contributed by atoms with Crippen molar-refractivity contribution < 1.29 is 17.6 Å². The Hall–Kier alpha value is -2.21. The Morgan fingerprint density at radius 3 is 2.36 bits per heavy atom. The molecule has 0 saturated carbocycles. The standard InChI is InChI=1S/C19H20FNO3S/c20-17-8-6-16(7-9-17)19(22)21(18-11-13-25(23,24)14-18)12-10-15-4-2-1-3-5-15/h1-9,18H,10-14H2. The lowest BCUT2D eigenvalue weighted by Gasteiger charge is -2.28. The van der Waals surface area contributed by atoms with Gasteiger partial charge in [0.25, 0.3) is 5.91 Å². The molecular weight excluding hydrogens is 341 g/mol. The number of hydrogen-bond acceptors (Lipinski definition) is 3. The van der Waals surface area contributed by atoms with Crippen LogP contribution in [0.15, 0.2) is 54.6 Å². The molecule has 132 valence electrons. The summed E-state index contributed by atoms with van der Waals surface area (Å²) in [4.78, 5) is 14.5. The third kappa shape index (κ3) is 4.45. The smallest absolute Gasteiger partial charge is 0.254 e. The van der Waals surface area contributed by atoms with Crippen LogP contribution in [0, 0.1) is 5.82 Å². The lowest BCUT2D eigenvalue weighted by molar-refractivity contribution is 0.0699. The number of amides is 1. The van der Waals surface area contributed by atoms with Gasteiger partial charge < -0.3 is 4.90 Å². The van der Waals surface area contributed by atoms with Crippen molar-refractivity contribution in [3.05, 3.63) is 71.5 Å². The van der Waals surface area contributed by atoms with Crippen LogP contribution in [0.1, 0.15) is 22.3 Å². The second kappa shape index (κ2) is 7.35. The van der Waals surface area contributed by atoms with E-state index in [1.807, 2.05) is 30.3 Å². The molecule has 1 unspecified atom stereocenters. The van der Waals surface area contributed by atoms with Crippen LogP contribution in [0.25, 0.3) is 0 Å². The van der Waals surface area contributed by atoms with Crippen LogP contribution >= 0.6 is 0 Å². The second-order valence-electron chi connectivity index (χ2n) is 6.30. The Morgan fingerprint density at radius 2 is 1.76 bits per heavy atom. The Balaban J connectivity index is 1.80. The maximum absolute atomic E-state index is 13.1. The summed E-state index contributed by atoms with van der Waals surface area (Å²) < 4.78 is 36.8. The molecule has 1 aliphatic heterocycles. The molecule has 3 rings (SSSR count). The topological polar surface area (TPSA) is 54.5 Å². The van der Waals surface area contributed by atoms with Crippen molar-refractivity contribution in [2.75, 3.05) is 18.1 Å². The van der Waals surface area contributed by atoms with E-state index in [2.05, 4.69) is 0 Å². The van der Waals surface area contributed by atoms with Crippen molar-refractivity contribution in [3.63, 3.8) is 0 Å². The fourth-order valence-electron chi connectivity index (χ4n) is 3.12. The average molecular weight is 361 g/mol. The minimum absolute atomic E-state index is 0.00523. The third-order valence-electron chi connectivity index (χ3n) is 4.49. The molecule has 0 spiro atoms. The lowest BCUT2D eigenvalue weighted by Crippen LogP contribution is -2.42. The number of benzene rings is 2. The number of sulfone groups is 1. The second-order valence-corrected chi connectivity index (χ2v) is 8.53. The molecule has 1 amide bonds. The van der Waals surface area contributed by atoms with E-state index < -0.39 is 15.7 Å². The van der Waals surface area contributed by atoms with E-state index >= 15 is 0 Å². The van der Waals surface area contributed by atoms with Crippen LogP contribution in [0.2, 0.25) is 0 Å². The summed E-state index contributed by atoms with van der Waals surface area (Å²) in [5, 5.41) is 0. The van der Waals surface area contributed by atoms with Crippen LogP contribution in [0.5, 0.6) is 0 Å². The highest BCUT2D eigenvalue weighted by Gasteiger charge is 2.34. The van der Waals surface area contributed by atoms with Crippen molar-refractivity contribution >= 4 is 15.7 Å². The lowest BCUT2D eigenvalue weighted by atomic mass is 10.1. The molecule has 1 saturated heterocycles. The highest BCUT2D eigenvalue weighted by Crippen LogP contribution is 2.21. The van der Waals surface area contributed by atoms with E-state index in [0.29, 0.717) is 24.9 Å². The van der Waals surface area contributed by atoms with Gasteiger partial charge in [-0.3, -0.25) is 4.79 Å². The normalized spacial score (nSPS) is 18.8. The van der Waals surface area contributed by atoms with E-state index in [1.165, 1.54) is 24.3 Å². The predicted molar refractivity (Wildman–Crippen MR) is 94.6 cm³/mol. The first-order valence-corrected chi connectivity index (χ1v) is 10.1. The zero-order valence-electron chi connectivity index (χ0n) is 13.8. The van der Waals surface area contributed by atoms with Crippen molar-refractivity contribution in [3.8, 4) is 0 Å². The van der Waals surface area contributed by atoms with Gasteiger partial charge in [-0.05, 0) is 42.7 Å². The Bertz CT molecular complexity index is 835. The molecular formula is C19H20FNO3S. The van der Waals surface area contributed by atoms with E-state index in [1.54, 1.807) is 4.90 Å². The first-order valence-electron chi connectivity index (χ1n) is 8.25. The number of carbonyl (C=O) groups excluding carboxylic acids is 1. The molecule has 1 aliphatic rings.